The number of benzene rings is 1. The summed E-state index contributed by atoms with van der Waals surface area (Å²) in [5, 5.41) is 20.4. The fourth-order valence-electron chi connectivity index (χ4n) is 3.22. The van der Waals surface area contributed by atoms with Gasteiger partial charge in [-0.3, -0.25) is 4.79 Å². The fraction of sp³-hybridized carbons (Fsp3) is 0.316. The molecule has 1 aliphatic rings. The zero-order valence-corrected chi connectivity index (χ0v) is 13.1. The maximum atomic E-state index is 11.6. The number of nitrogens with zero attached hydrogens (tertiary/aromatic N) is 2. The Morgan fingerprint density at radius 3 is 2.58 bits per heavy atom. The van der Waals surface area contributed by atoms with Gasteiger partial charge in [-0.1, -0.05) is 42.2 Å². The van der Waals surface area contributed by atoms with E-state index in [9.17, 15) is 15.0 Å². The molecule has 3 rings (SSSR count). The van der Waals surface area contributed by atoms with Crippen LogP contribution in [0.15, 0.2) is 49.1 Å². The molecule has 1 unspecified atom stereocenters. The monoisotopic (exact) mass is 322 g/mol. The van der Waals surface area contributed by atoms with Crippen LogP contribution in [0.1, 0.15) is 36.3 Å². The zero-order chi connectivity index (χ0) is 17.0. The van der Waals surface area contributed by atoms with Crippen molar-refractivity contribution in [1.29, 1.82) is 0 Å². The number of hydrogen-bond acceptors (Lipinski definition) is 4. The number of aliphatic carboxylic acids is 1. The van der Waals surface area contributed by atoms with Gasteiger partial charge in [0.05, 0.1) is 11.5 Å². The average Bonchev–Trinajstić information content (AvgIpc) is 2.61. The summed E-state index contributed by atoms with van der Waals surface area (Å²) in [4.78, 5) is 19.4. The second kappa shape index (κ2) is 6.81. The van der Waals surface area contributed by atoms with E-state index < -0.39 is 17.5 Å². The summed E-state index contributed by atoms with van der Waals surface area (Å²) in [6, 6.07) is 9.48. The fourth-order valence-corrected chi connectivity index (χ4v) is 3.22. The predicted molar refractivity (Wildman–Crippen MR) is 88.0 cm³/mol. The molecular formula is C19H18N2O3. The number of carboxylic acids is 1. The van der Waals surface area contributed by atoms with Crippen LogP contribution in [-0.4, -0.2) is 31.8 Å². The van der Waals surface area contributed by atoms with Gasteiger partial charge in [0.15, 0.2) is 0 Å². The molecule has 2 aromatic rings. The number of rotatable bonds is 2. The Bertz CT molecular complexity index is 767. The molecule has 1 aliphatic carbocycles. The molecule has 0 amide bonds. The van der Waals surface area contributed by atoms with Crippen molar-refractivity contribution in [3.05, 3.63) is 60.2 Å². The zero-order valence-electron chi connectivity index (χ0n) is 13.1. The molecule has 0 bridgehead atoms. The summed E-state index contributed by atoms with van der Waals surface area (Å²) < 4.78 is 0. The first-order valence-corrected chi connectivity index (χ1v) is 7.86. The second-order valence-corrected chi connectivity index (χ2v) is 6.11. The first kappa shape index (κ1) is 16.2. The van der Waals surface area contributed by atoms with Gasteiger partial charge in [-0.2, -0.15) is 0 Å². The SMILES string of the molecule is O=C(O)[C@@H]1CCC(O)(C#Cc2cncnc2)C[C@H]1c1ccccc1. The van der Waals surface area contributed by atoms with Crippen molar-refractivity contribution < 1.29 is 15.0 Å². The molecule has 1 aromatic carbocycles. The van der Waals surface area contributed by atoms with Crippen molar-refractivity contribution >= 4 is 5.97 Å². The van der Waals surface area contributed by atoms with Crippen LogP contribution in [0, 0.1) is 17.8 Å². The van der Waals surface area contributed by atoms with E-state index in [1.54, 1.807) is 12.4 Å². The topological polar surface area (TPSA) is 83.3 Å². The van der Waals surface area contributed by atoms with Gasteiger partial charge >= 0.3 is 5.97 Å². The predicted octanol–water partition coefficient (Wildman–Crippen LogP) is 2.23. The summed E-state index contributed by atoms with van der Waals surface area (Å²) in [7, 11) is 0. The van der Waals surface area contributed by atoms with E-state index >= 15 is 0 Å². The van der Waals surface area contributed by atoms with E-state index in [1.165, 1.54) is 6.33 Å². The van der Waals surface area contributed by atoms with Crippen molar-refractivity contribution in [3.63, 3.8) is 0 Å². The number of aliphatic hydroxyl groups is 1. The van der Waals surface area contributed by atoms with Crippen LogP contribution < -0.4 is 0 Å². The van der Waals surface area contributed by atoms with E-state index in [-0.39, 0.29) is 5.92 Å². The minimum atomic E-state index is -1.21. The molecule has 1 saturated carbocycles. The Morgan fingerprint density at radius 1 is 1.21 bits per heavy atom. The molecule has 1 heterocycles. The molecule has 5 heteroatoms. The van der Waals surface area contributed by atoms with Crippen molar-refractivity contribution in [2.24, 2.45) is 5.92 Å². The normalized spacial score (nSPS) is 26.2. The quantitative estimate of drug-likeness (QED) is 0.829. The van der Waals surface area contributed by atoms with Gasteiger partial charge < -0.3 is 10.2 Å². The lowest BCUT2D eigenvalue weighted by molar-refractivity contribution is -0.145. The maximum Gasteiger partial charge on any atom is 0.307 e. The Balaban J connectivity index is 1.87. The maximum absolute atomic E-state index is 11.6. The number of hydrogen-bond donors (Lipinski definition) is 2. The third-order valence-electron chi connectivity index (χ3n) is 4.46. The highest BCUT2D eigenvalue weighted by Gasteiger charge is 2.42. The molecule has 0 radical (unpaired) electrons. The average molecular weight is 322 g/mol. The summed E-state index contributed by atoms with van der Waals surface area (Å²) >= 11 is 0. The molecule has 1 aromatic heterocycles. The highest BCUT2D eigenvalue weighted by molar-refractivity contribution is 5.71. The lowest BCUT2D eigenvalue weighted by Crippen LogP contribution is -2.39. The van der Waals surface area contributed by atoms with E-state index in [0.717, 1.165) is 5.56 Å². The van der Waals surface area contributed by atoms with Gasteiger partial charge in [-0.15, -0.1) is 0 Å². The largest absolute Gasteiger partial charge is 0.481 e. The second-order valence-electron chi connectivity index (χ2n) is 6.11. The van der Waals surface area contributed by atoms with Crippen LogP contribution in [-0.2, 0) is 4.79 Å². The van der Waals surface area contributed by atoms with E-state index in [4.69, 9.17) is 0 Å². The highest BCUT2D eigenvalue weighted by Crippen LogP contribution is 2.42. The first-order valence-electron chi connectivity index (χ1n) is 7.86. The lowest BCUT2D eigenvalue weighted by Gasteiger charge is -2.37. The molecule has 0 saturated heterocycles. The Kier molecular flexibility index (Phi) is 4.59. The minimum absolute atomic E-state index is 0.260. The molecular weight excluding hydrogens is 304 g/mol. The van der Waals surface area contributed by atoms with Gasteiger partial charge in [-0.05, 0) is 24.8 Å². The van der Waals surface area contributed by atoms with Gasteiger partial charge in [0.25, 0.3) is 0 Å². The summed E-state index contributed by atoms with van der Waals surface area (Å²) in [6.45, 7) is 0. The minimum Gasteiger partial charge on any atom is -0.481 e. The summed E-state index contributed by atoms with van der Waals surface area (Å²) in [5.41, 5.74) is 0.345. The van der Waals surface area contributed by atoms with Gasteiger partial charge in [0, 0.05) is 18.3 Å². The Hall–Kier alpha value is -2.71. The molecule has 1 fully saturated rings. The van der Waals surface area contributed by atoms with Crippen LogP contribution >= 0.6 is 0 Å². The van der Waals surface area contributed by atoms with Crippen LogP contribution in [0.4, 0.5) is 0 Å². The third kappa shape index (κ3) is 3.61. The van der Waals surface area contributed by atoms with Crippen molar-refractivity contribution in [1.82, 2.24) is 9.97 Å². The van der Waals surface area contributed by atoms with Crippen LogP contribution in [0.25, 0.3) is 0 Å². The standard InChI is InChI=1S/C19H18N2O3/c22-18(23)16-7-9-19(24,8-6-14-11-20-13-21-12-14)10-17(16)15-4-2-1-3-5-15/h1-5,11-13,16-17,24H,7,9-10H2,(H,22,23)/t16-,17+,19?/m1/s1. The smallest absolute Gasteiger partial charge is 0.307 e. The number of aromatic nitrogens is 2. The molecule has 24 heavy (non-hydrogen) atoms. The highest BCUT2D eigenvalue weighted by atomic mass is 16.4. The third-order valence-corrected chi connectivity index (χ3v) is 4.46. The van der Waals surface area contributed by atoms with Crippen LogP contribution in [0.5, 0.6) is 0 Å². The summed E-state index contributed by atoms with van der Waals surface area (Å²) in [5.74, 6) is 4.22. The van der Waals surface area contributed by atoms with Crippen molar-refractivity contribution in [2.45, 2.75) is 30.8 Å². The molecule has 122 valence electrons. The first-order chi connectivity index (χ1) is 11.6. The van der Waals surface area contributed by atoms with Crippen LogP contribution in [0.2, 0.25) is 0 Å². The van der Waals surface area contributed by atoms with E-state index in [2.05, 4.69) is 21.8 Å². The molecule has 3 atom stereocenters. The number of carboxylic acid groups (broad SMARTS) is 1. The Labute approximate surface area is 140 Å². The van der Waals surface area contributed by atoms with Gasteiger partial charge in [0.1, 0.15) is 11.9 Å². The lowest BCUT2D eigenvalue weighted by atomic mass is 9.69. The van der Waals surface area contributed by atoms with E-state index in [1.807, 2.05) is 30.3 Å². The molecule has 0 aliphatic heterocycles. The van der Waals surface area contributed by atoms with Crippen LogP contribution in [0.3, 0.4) is 0 Å². The molecule has 0 spiro atoms. The number of carbonyl (C=O) groups is 1. The Morgan fingerprint density at radius 2 is 1.92 bits per heavy atom. The van der Waals surface area contributed by atoms with Gasteiger partial charge in [-0.25, -0.2) is 9.97 Å². The van der Waals surface area contributed by atoms with E-state index in [0.29, 0.717) is 24.8 Å². The van der Waals surface area contributed by atoms with Crippen molar-refractivity contribution in [2.75, 3.05) is 0 Å². The van der Waals surface area contributed by atoms with Gasteiger partial charge in [0.2, 0.25) is 0 Å². The van der Waals surface area contributed by atoms with Crippen molar-refractivity contribution in [3.8, 4) is 11.8 Å². The molecule has 2 N–H and O–H groups in total. The summed E-state index contributed by atoms with van der Waals surface area (Å²) in [6.07, 6.45) is 5.62. The molecule has 5 nitrogen and oxygen atoms in total.